The van der Waals surface area contributed by atoms with Gasteiger partial charge in [-0.25, -0.2) is 23.1 Å². The number of pyridine rings is 2. The monoisotopic (exact) mass is 610 g/mol. The number of anilines is 1. The Kier molecular flexibility index (Phi) is 5.72. The van der Waals surface area contributed by atoms with E-state index in [4.69, 9.17) is 15.8 Å². The van der Waals surface area contributed by atoms with Crippen LogP contribution in [0.4, 0.5) is 18.9 Å². The normalized spacial score (nSPS) is 26.4. The molecule has 4 fully saturated rings. The lowest BCUT2D eigenvalue weighted by Crippen LogP contribution is -2.51. The van der Waals surface area contributed by atoms with Crippen LogP contribution in [0.25, 0.3) is 44.2 Å². The maximum Gasteiger partial charge on any atom is 0.249 e. The van der Waals surface area contributed by atoms with Gasteiger partial charge < -0.3 is 19.7 Å². The molecule has 0 spiro atoms. The Morgan fingerprint density at radius 2 is 1.91 bits per heavy atom. The number of phenolic OH excluding ortho intramolecular Hbond substituents is 1. The quantitative estimate of drug-likeness (QED) is 0.258. The van der Waals surface area contributed by atoms with Crippen LogP contribution in [0, 0.1) is 24.0 Å². The van der Waals surface area contributed by atoms with E-state index in [1.54, 1.807) is 6.20 Å². The summed E-state index contributed by atoms with van der Waals surface area (Å²) in [5.74, 6) is 1.26. The SMILES string of the molecule is C#Cc1c(F)ccc2cc(O)cc(-c3ncc4c(N5C[C@H]6CC[C@@H](C5)N6)c5nc([C@@]67CCCN6C[C@H](F)C7)oc5nc4c3F)c12. The van der Waals surface area contributed by atoms with Crippen molar-refractivity contribution in [3.63, 3.8) is 0 Å². The molecule has 0 unspecified atom stereocenters. The Morgan fingerprint density at radius 1 is 1.09 bits per heavy atom. The summed E-state index contributed by atoms with van der Waals surface area (Å²) in [5.41, 5.74) is 0.718. The number of fused-ring (bicyclic) bond motifs is 6. The zero-order valence-electron chi connectivity index (χ0n) is 24.3. The van der Waals surface area contributed by atoms with Crippen LogP contribution in [0.3, 0.4) is 0 Å². The molecule has 4 saturated heterocycles. The van der Waals surface area contributed by atoms with E-state index in [-0.39, 0.29) is 51.3 Å². The van der Waals surface area contributed by atoms with Crippen LogP contribution in [0.1, 0.15) is 43.6 Å². The third-order valence-corrected chi connectivity index (χ3v) is 10.3. The fraction of sp³-hybridized carbons (Fsp3) is 0.382. The highest BCUT2D eigenvalue weighted by Gasteiger charge is 2.53. The first-order chi connectivity index (χ1) is 21.8. The highest BCUT2D eigenvalue weighted by molar-refractivity contribution is 6.07. The largest absolute Gasteiger partial charge is 0.508 e. The molecule has 3 aromatic heterocycles. The first-order valence-corrected chi connectivity index (χ1v) is 15.4. The molecule has 9 rings (SSSR count). The molecule has 5 aromatic rings. The molecule has 4 aliphatic rings. The molecule has 8 nitrogen and oxygen atoms in total. The number of terminal acetylenes is 1. The maximum absolute atomic E-state index is 16.9. The van der Waals surface area contributed by atoms with Crippen LogP contribution >= 0.6 is 0 Å². The number of nitrogens with zero attached hydrogens (tertiary/aromatic N) is 5. The Bertz CT molecular complexity index is 2100. The number of benzene rings is 2. The fourth-order valence-corrected chi connectivity index (χ4v) is 8.40. The molecule has 45 heavy (non-hydrogen) atoms. The van der Waals surface area contributed by atoms with Gasteiger partial charge in [-0.05, 0) is 55.8 Å². The van der Waals surface area contributed by atoms with Gasteiger partial charge in [0.25, 0.3) is 0 Å². The summed E-state index contributed by atoms with van der Waals surface area (Å²) in [4.78, 5) is 18.6. The molecule has 7 heterocycles. The van der Waals surface area contributed by atoms with Crippen molar-refractivity contribution in [3.05, 3.63) is 53.6 Å². The summed E-state index contributed by atoms with van der Waals surface area (Å²) in [5, 5.41) is 15.4. The molecule has 0 saturated carbocycles. The van der Waals surface area contributed by atoms with Crippen molar-refractivity contribution in [2.75, 3.05) is 31.1 Å². The van der Waals surface area contributed by atoms with E-state index in [9.17, 15) is 13.9 Å². The zero-order chi connectivity index (χ0) is 30.6. The van der Waals surface area contributed by atoms with Crippen LogP contribution in [0.15, 0.2) is 34.9 Å². The van der Waals surface area contributed by atoms with Crippen molar-refractivity contribution < 1.29 is 22.7 Å². The highest BCUT2D eigenvalue weighted by Crippen LogP contribution is 2.49. The van der Waals surface area contributed by atoms with Crippen LogP contribution in [-0.2, 0) is 5.54 Å². The van der Waals surface area contributed by atoms with E-state index in [2.05, 4.69) is 31.0 Å². The van der Waals surface area contributed by atoms with Gasteiger partial charge in [0, 0.05) is 60.7 Å². The minimum atomic E-state index is -0.977. The number of halogens is 3. The van der Waals surface area contributed by atoms with Crippen molar-refractivity contribution in [2.45, 2.75) is 55.9 Å². The number of oxazole rings is 1. The Hall–Kier alpha value is -4.40. The molecule has 2 N–H and O–H groups in total. The molecular formula is C34H29F3N6O2. The van der Waals surface area contributed by atoms with Crippen LogP contribution in [-0.4, -0.2) is 69.4 Å². The lowest BCUT2D eigenvalue weighted by atomic mass is 9.93. The van der Waals surface area contributed by atoms with E-state index in [1.165, 1.54) is 24.3 Å². The third-order valence-electron chi connectivity index (χ3n) is 10.3. The van der Waals surface area contributed by atoms with Gasteiger partial charge >= 0.3 is 0 Å². The molecule has 0 aliphatic carbocycles. The van der Waals surface area contributed by atoms with Gasteiger partial charge in [-0.15, -0.1) is 6.42 Å². The number of piperazine rings is 1. The van der Waals surface area contributed by atoms with E-state index in [0.717, 1.165) is 32.2 Å². The number of rotatable bonds is 3. The number of hydrogen-bond acceptors (Lipinski definition) is 8. The molecule has 0 amide bonds. The summed E-state index contributed by atoms with van der Waals surface area (Å²) >= 11 is 0. The summed E-state index contributed by atoms with van der Waals surface area (Å²) < 4.78 is 52.8. The average molecular weight is 611 g/mol. The fourth-order valence-electron chi connectivity index (χ4n) is 8.40. The maximum atomic E-state index is 16.9. The van der Waals surface area contributed by atoms with Crippen LogP contribution < -0.4 is 10.2 Å². The summed E-state index contributed by atoms with van der Waals surface area (Å²) in [6, 6.07) is 6.06. The second kappa shape index (κ2) is 9.55. The van der Waals surface area contributed by atoms with Gasteiger partial charge in [-0.1, -0.05) is 12.0 Å². The smallest absolute Gasteiger partial charge is 0.249 e. The lowest BCUT2D eigenvalue weighted by molar-refractivity contribution is 0.158. The number of aromatic nitrogens is 3. The van der Waals surface area contributed by atoms with Crippen molar-refractivity contribution >= 4 is 38.6 Å². The topological polar surface area (TPSA) is 90.6 Å². The second-order valence-electron chi connectivity index (χ2n) is 12.9. The van der Waals surface area contributed by atoms with Crippen LogP contribution in [0.5, 0.6) is 5.75 Å². The van der Waals surface area contributed by atoms with E-state index in [0.29, 0.717) is 53.9 Å². The highest BCUT2D eigenvalue weighted by atomic mass is 19.1. The first kappa shape index (κ1) is 27.0. The van der Waals surface area contributed by atoms with E-state index >= 15 is 4.39 Å². The number of alkyl halides is 1. The minimum Gasteiger partial charge on any atom is -0.508 e. The standard InChI is InChI=1S/C34H29F3N6O2/c1-2-22-25(36)7-4-17-10-21(44)11-23(26(17)22)28-27(37)29-24(13-38-28)31(42-15-19-5-6-20(16-42)39-19)30-32(40-29)45-33(41-30)34-8-3-9-43(34)14-18(35)12-34/h1,4,7,10-11,13,18-20,39,44H,3,5-6,8-9,12,14-16H2/t18-,19-,20+,34+/m1/s1. The predicted molar refractivity (Wildman–Crippen MR) is 164 cm³/mol. The second-order valence-corrected chi connectivity index (χ2v) is 12.9. The molecule has 2 aromatic carbocycles. The van der Waals surface area contributed by atoms with Gasteiger partial charge in [0.05, 0.1) is 11.3 Å². The zero-order valence-corrected chi connectivity index (χ0v) is 24.3. The number of phenols is 1. The van der Waals surface area contributed by atoms with Gasteiger partial charge in [0.2, 0.25) is 11.6 Å². The Balaban J connectivity index is 1.30. The van der Waals surface area contributed by atoms with E-state index < -0.39 is 23.3 Å². The number of hydrogen-bond donors (Lipinski definition) is 2. The number of nitrogens with one attached hydrogen (secondary N) is 1. The third kappa shape index (κ3) is 3.85. The Morgan fingerprint density at radius 3 is 2.71 bits per heavy atom. The van der Waals surface area contributed by atoms with Gasteiger partial charge in [-0.3, -0.25) is 9.88 Å². The molecule has 0 radical (unpaired) electrons. The van der Waals surface area contributed by atoms with Gasteiger partial charge in [0.15, 0.2) is 11.3 Å². The summed E-state index contributed by atoms with van der Waals surface area (Å²) in [7, 11) is 0. The summed E-state index contributed by atoms with van der Waals surface area (Å²) in [6.45, 7) is 2.49. The van der Waals surface area contributed by atoms with Crippen LogP contribution in [0.2, 0.25) is 0 Å². The average Bonchev–Trinajstić information content (AvgIpc) is 3.78. The van der Waals surface area contributed by atoms with Crippen molar-refractivity contribution in [3.8, 4) is 29.4 Å². The van der Waals surface area contributed by atoms with Gasteiger partial charge in [0.1, 0.15) is 34.5 Å². The van der Waals surface area contributed by atoms with Crippen molar-refractivity contribution in [1.82, 2.24) is 25.2 Å². The molecule has 228 valence electrons. The van der Waals surface area contributed by atoms with Gasteiger partial charge in [-0.2, -0.15) is 0 Å². The predicted octanol–water partition coefficient (Wildman–Crippen LogP) is 5.53. The lowest BCUT2D eigenvalue weighted by Gasteiger charge is -2.35. The minimum absolute atomic E-state index is 0.0156. The van der Waals surface area contributed by atoms with E-state index in [1.807, 2.05) is 0 Å². The molecule has 4 atom stereocenters. The molecule has 11 heteroatoms. The number of aromatic hydroxyl groups is 1. The van der Waals surface area contributed by atoms with Crippen molar-refractivity contribution in [1.29, 1.82) is 0 Å². The summed E-state index contributed by atoms with van der Waals surface area (Å²) in [6.07, 6.45) is 10.3. The molecular weight excluding hydrogens is 581 g/mol. The molecule has 2 bridgehead atoms. The first-order valence-electron chi connectivity index (χ1n) is 15.4. The molecule has 4 aliphatic heterocycles. The Labute approximate surface area is 256 Å². The van der Waals surface area contributed by atoms with Crippen molar-refractivity contribution in [2.24, 2.45) is 0 Å².